The summed E-state index contributed by atoms with van der Waals surface area (Å²) in [7, 11) is 1.64. The van der Waals surface area contributed by atoms with Crippen LogP contribution in [0.4, 0.5) is 5.69 Å². The number of aromatic amines is 1. The molecule has 0 spiro atoms. The Morgan fingerprint density at radius 3 is 2.34 bits per heavy atom. The lowest BCUT2D eigenvalue weighted by Gasteiger charge is -2.36. The molecule has 0 radical (unpaired) electrons. The van der Waals surface area contributed by atoms with Crippen LogP contribution in [0.3, 0.4) is 0 Å². The zero-order chi connectivity index (χ0) is 20.4. The number of carbonyl (C=O) groups excluding carboxylic acids is 1. The van der Waals surface area contributed by atoms with Gasteiger partial charge in [0, 0.05) is 26.2 Å². The third kappa shape index (κ3) is 3.61. The number of piperazine rings is 1. The van der Waals surface area contributed by atoms with Gasteiger partial charge in [0.25, 0.3) is 11.1 Å². The third-order valence-corrected chi connectivity index (χ3v) is 5.24. The van der Waals surface area contributed by atoms with Crippen molar-refractivity contribution >= 4 is 22.4 Å². The van der Waals surface area contributed by atoms with Gasteiger partial charge in [-0.1, -0.05) is 24.3 Å². The Morgan fingerprint density at radius 2 is 1.62 bits per heavy atom. The van der Waals surface area contributed by atoms with Gasteiger partial charge in [-0.2, -0.15) is 0 Å². The van der Waals surface area contributed by atoms with E-state index < -0.39 is 0 Å². The molecule has 1 saturated heterocycles. The van der Waals surface area contributed by atoms with Crippen LogP contribution < -0.4 is 20.8 Å². The molecule has 8 nitrogen and oxygen atoms in total. The molecule has 2 heterocycles. The molecule has 3 aromatic rings. The molecule has 29 heavy (non-hydrogen) atoms. The maximum Gasteiger partial charge on any atom is 0.273 e. The Kier molecular flexibility index (Phi) is 5.07. The number of nitrogens with one attached hydrogen (secondary N) is 1. The Bertz CT molecular complexity index is 1160. The fourth-order valence-corrected chi connectivity index (χ4v) is 3.68. The molecule has 4 rings (SSSR count). The maximum absolute atomic E-state index is 12.7. The number of para-hydroxylation sites is 2. The van der Waals surface area contributed by atoms with Crippen LogP contribution in [0, 0.1) is 0 Å². The van der Waals surface area contributed by atoms with Gasteiger partial charge in [-0.25, -0.2) is 4.68 Å². The Hall–Kier alpha value is -3.55. The molecule has 0 saturated carbocycles. The number of nitrogens with zero attached hydrogens (tertiary/aromatic N) is 3. The van der Waals surface area contributed by atoms with E-state index >= 15 is 0 Å². The number of ether oxygens (including phenoxy) is 1. The van der Waals surface area contributed by atoms with Crippen LogP contribution in [0.2, 0.25) is 0 Å². The molecular formula is C21H22N4O4. The summed E-state index contributed by atoms with van der Waals surface area (Å²) in [6.07, 6.45) is 0. The first-order valence-electron chi connectivity index (χ1n) is 9.46. The second-order valence-electron chi connectivity index (χ2n) is 6.92. The summed E-state index contributed by atoms with van der Waals surface area (Å²) >= 11 is 0. The van der Waals surface area contributed by atoms with E-state index in [2.05, 4.69) is 10.00 Å². The Labute approximate surface area is 166 Å². The molecule has 150 valence electrons. The van der Waals surface area contributed by atoms with Crippen molar-refractivity contribution in [1.29, 1.82) is 0 Å². The highest BCUT2D eigenvalue weighted by Gasteiger charge is 2.23. The van der Waals surface area contributed by atoms with Crippen LogP contribution in [0.25, 0.3) is 10.8 Å². The van der Waals surface area contributed by atoms with Crippen molar-refractivity contribution in [1.82, 2.24) is 14.7 Å². The number of aromatic nitrogens is 2. The molecule has 0 atom stereocenters. The minimum Gasteiger partial charge on any atom is -0.495 e. The predicted octanol–water partition coefficient (Wildman–Crippen LogP) is 1.05. The molecule has 0 aliphatic carbocycles. The number of H-pyrrole nitrogens is 1. The summed E-state index contributed by atoms with van der Waals surface area (Å²) in [6, 6.07) is 14.4. The molecule has 1 fully saturated rings. The first-order valence-corrected chi connectivity index (χ1v) is 9.46. The van der Waals surface area contributed by atoms with Gasteiger partial charge in [0.2, 0.25) is 5.91 Å². The number of hydrogen-bond donors (Lipinski definition) is 1. The van der Waals surface area contributed by atoms with Gasteiger partial charge in [0.15, 0.2) is 0 Å². The largest absolute Gasteiger partial charge is 0.495 e. The highest BCUT2D eigenvalue weighted by Crippen LogP contribution is 2.28. The SMILES string of the molecule is COc1ccccc1N1CCN(C(=O)Cn2[nH]c(=O)c3ccccc3c2=O)CC1. The molecule has 1 aromatic heterocycles. The van der Waals surface area contributed by atoms with Crippen molar-refractivity contribution in [2.24, 2.45) is 0 Å². The van der Waals surface area contributed by atoms with Crippen molar-refractivity contribution in [2.75, 3.05) is 38.2 Å². The van der Waals surface area contributed by atoms with E-state index in [0.717, 1.165) is 16.1 Å². The summed E-state index contributed by atoms with van der Waals surface area (Å²) < 4.78 is 6.51. The fourth-order valence-electron chi connectivity index (χ4n) is 3.68. The molecule has 0 unspecified atom stereocenters. The van der Waals surface area contributed by atoms with Crippen molar-refractivity contribution < 1.29 is 9.53 Å². The van der Waals surface area contributed by atoms with Gasteiger partial charge >= 0.3 is 0 Å². The average Bonchev–Trinajstić information content (AvgIpc) is 2.77. The van der Waals surface area contributed by atoms with Gasteiger partial charge in [0.1, 0.15) is 12.3 Å². The Balaban J connectivity index is 1.47. The van der Waals surface area contributed by atoms with Gasteiger partial charge in [-0.05, 0) is 24.3 Å². The summed E-state index contributed by atoms with van der Waals surface area (Å²) in [5.74, 6) is 0.602. The molecule has 2 aromatic carbocycles. The number of carbonyl (C=O) groups is 1. The molecule has 0 bridgehead atoms. The van der Waals surface area contributed by atoms with Crippen LogP contribution in [0.15, 0.2) is 58.1 Å². The van der Waals surface area contributed by atoms with Crippen molar-refractivity contribution in [3.05, 3.63) is 69.2 Å². The smallest absolute Gasteiger partial charge is 0.273 e. The zero-order valence-electron chi connectivity index (χ0n) is 16.1. The fraction of sp³-hybridized carbons (Fsp3) is 0.286. The number of amides is 1. The van der Waals surface area contributed by atoms with Crippen LogP contribution in [-0.4, -0.2) is 53.9 Å². The highest BCUT2D eigenvalue weighted by atomic mass is 16.5. The van der Waals surface area contributed by atoms with Crippen molar-refractivity contribution in [3.63, 3.8) is 0 Å². The van der Waals surface area contributed by atoms with E-state index in [4.69, 9.17) is 4.74 Å². The standard InChI is InChI=1S/C21H22N4O4/c1-29-18-9-5-4-8-17(18)23-10-12-24(13-11-23)19(26)14-25-21(28)16-7-3-2-6-15(16)20(27)22-25/h2-9H,10-14H2,1H3,(H,22,27). The van der Waals surface area contributed by atoms with Gasteiger partial charge in [-0.15, -0.1) is 0 Å². The Morgan fingerprint density at radius 1 is 0.966 bits per heavy atom. The third-order valence-electron chi connectivity index (χ3n) is 5.24. The van der Waals surface area contributed by atoms with Crippen molar-refractivity contribution in [3.8, 4) is 5.75 Å². The second-order valence-corrected chi connectivity index (χ2v) is 6.92. The van der Waals surface area contributed by atoms with E-state index in [1.165, 1.54) is 0 Å². The van der Waals surface area contributed by atoms with E-state index in [1.54, 1.807) is 36.3 Å². The van der Waals surface area contributed by atoms with Gasteiger partial charge in [0.05, 0.1) is 23.6 Å². The predicted molar refractivity (Wildman–Crippen MR) is 111 cm³/mol. The second kappa shape index (κ2) is 7.83. The summed E-state index contributed by atoms with van der Waals surface area (Å²) in [6.45, 7) is 2.20. The number of methoxy groups -OCH3 is 1. The summed E-state index contributed by atoms with van der Waals surface area (Å²) in [5, 5.41) is 3.15. The van der Waals surface area contributed by atoms with Gasteiger partial charge < -0.3 is 14.5 Å². The van der Waals surface area contributed by atoms with Crippen LogP contribution in [0.1, 0.15) is 0 Å². The number of anilines is 1. The molecule has 1 aliphatic heterocycles. The number of benzene rings is 2. The van der Waals surface area contributed by atoms with E-state index in [9.17, 15) is 14.4 Å². The molecule has 8 heteroatoms. The lowest BCUT2D eigenvalue weighted by molar-refractivity contribution is -0.132. The monoisotopic (exact) mass is 394 g/mol. The van der Waals surface area contributed by atoms with Crippen LogP contribution in [-0.2, 0) is 11.3 Å². The van der Waals surface area contributed by atoms with Crippen molar-refractivity contribution in [2.45, 2.75) is 6.54 Å². The zero-order valence-corrected chi connectivity index (χ0v) is 16.1. The van der Waals surface area contributed by atoms with Crippen LogP contribution >= 0.6 is 0 Å². The quantitative estimate of drug-likeness (QED) is 0.715. The first-order chi connectivity index (χ1) is 14.1. The molecular weight excluding hydrogens is 372 g/mol. The average molecular weight is 394 g/mol. The van der Waals surface area contributed by atoms with Gasteiger partial charge in [-0.3, -0.25) is 19.5 Å². The molecule has 1 amide bonds. The molecule has 1 aliphatic rings. The van der Waals surface area contributed by atoms with E-state index in [1.807, 2.05) is 24.3 Å². The normalized spacial score (nSPS) is 14.2. The topological polar surface area (TPSA) is 87.6 Å². The number of fused-ring (bicyclic) bond motifs is 1. The lowest BCUT2D eigenvalue weighted by Crippen LogP contribution is -2.50. The van der Waals surface area contributed by atoms with E-state index in [-0.39, 0.29) is 23.6 Å². The lowest BCUT2D eigenvalue weighted by atomic mass is 10.2. The first kappa shape index (κ1) is 18.8. The van der Waals surface area contributed by atoms with Crippen LogP contribution in [0.5, 0.6) is 5.75 Å². The highest BCUT2D eigenvalue weighted by molar-refractivity contribution is 5.81. The number of rotatable bonds is 4. The minimum absolute atomic E-state index is 0.187. The summed E-state index contributed by atoms with van der Waals surface area (Å²) in [4.78, 5) is 41.4. The molecule has 1 N–H and O–H groups in total. The number of hydrogen-bond acceptors (Lipinski definition) is 5. The maximum atomic E-state index is 12.7. The van der Waals surface area contributed by atoms with E-state index in [0.29, 0.717) is 37.0 Å². The minimum atomic E-state index is -0.381. The summed E-state index contributed by atoms with van der Waals surface area (Å²) in [5.41, 5.74) is 0.243.